The highest BCUT2D eigenvalue weighted by molar-refractivity contribution is 7.99. The molecule has 0 spiro atoms. The molecular weight excluding hydrogens is 332 g/mol. The van der Waals surface area contributed by atoms with Crippen LogP contribution in [0.1, 0.15) is 16.7 Å². The summed E-state index contributed by atoms with van der Waals surface area (Å²) in [5.74, 6) is 1.37. The van der Waals surface area contributed by atoms with E-state index >= 15 is 0 Å². The minimum atomic E-state index is 0.141. The molecule has 1 unspecified atom stereocenters. The molecule has 1 heterocycles. The van der Waals surface area contributed by atoms with Gasteiger partial charge in [-0.25, -0.2) is 0 Å². The average molecular weight is 352 g/mol. The molecule has 4 rings (SSSR count). The van der Waals surface area contributed by atoms with E-state index in [0.717, 1.165) is 12.2 Å². The lowest BCUT2D eigenvalue weighted by molar-refractivity contribution is 0.475. The lowest BCUT2D eigenvalue weighted by atomic mass is 10.0. The van der Waals surface area contributed by atoms with Gasteiger partial charge < -0.3 is 5.11 Å². The first-order valence-electron chi connectivity index (χ1n) is 7.98. The van der Waals surface area contributed by atoms with Gasteiger partial charge in [-0.15, -0.1) is 0 Å². The van der Waals surface area contributed by atoms with E-state index in [2.05, 4.69) is 48.7 Å². The third-order valence-electron chi connectivity index (χ3n) is 4.33. The highest BCUT2D eigenvalue weighted by atomic mass is 32.2. The van der Waals surface area contributed by atoms with Crippen LogP contribution in [0.5, 0.6) is 5.75 Å². The van der Waals surface area contributed by atoms with Crippen molar-refractivity contribution < 1.29 is 5.11 Å². The second kappa shape index (κ2) is 6.58. The van der Waals surface area contributed by atoms with Crippen LogP contribution in [-0.2, 0) is 23.1 Å². The van der Waals surface area contributed by atoms with Gasteiger partial charge in [0.1, 0.15) is 17.8 Å². The van der Waals surface area contributed by atoms with E-state index in [1.54, 1.807) is 12.1 Å². The van der Waals surface area contributed by atoms with Crippen molar-refractivity contribution in [3.63, 3.8) is 0 Å². The van der Waals surface area contributed by atoms with Gasteiger partial charge in [-0.3, -0.25) is 0 Å². The Morgan fingerprint density at radius 1 is 0.917 bits per heavy atom. The second-order valence-corrected chi connectivity index (χ2v) is 9.22. The molecule has 0 radical (unpaired) electrons. The Bertz CT molecular complexity index is 871. The van der Waals surface area contributed by atoms with Crippen molar-refractivity contribution in [1.29, 1.82) is 0 Å². The maximum Gasteiger partial charge on any atom is 0.155 e. The lowest BCUT2D eigenvalue weighted by Crippen LogP contribution is -2.05. The van der Waals surface area contributed by atoms with E-state index in [1.807, 2.05) is 23.9 Å². The summed E-state index contributed by atoms with van der Waals surface area (Å²) in [4.78, 5) is 4.08. The molecule has 24 heavy (non-hydrogen) atoms. The maximum atomic E-state index is 9.44. The summed E-state index contributed by atoms with van der Waals surface area (Å²) in [5, 5.41) is 9.44. The summed E-state index contributed by atoms with van der Waals surface area (Å²) in [6.45, 7) is 0. The lowest BCUT2D eigenvalue weighted by Gasteiger charge is -2.19. The van der Waals surface area contributed by atoms with Crippen molar-refractivity contribution >= 4 is 22.7 Å². The smallest absolute Gasteiger partial charge is 0.155 e. The Kier molecular flexibility index (Phi) is 4.30. The largest absolute Gasteiger partial charge is 0.508 e. The summed E-state index contributed by atoms with van der Waals surface area (Å²) >= 11 is 1.89. The van der Waals surface area contributed by atoms with Gasteiger partial charge in [-0.1, -0.05) is 42.1 Å². The van der Waals surface area contributed by atoms with E-state index in [9.17, 15) is 5.11 Å². The van der Waals surface area contributed by atoms with E-state index in [4.69, 9.17) is 0 Å². The van der Waals surface area contributed by atoms with Gasteiger partial charge >= 0.3 is 0 Å². The number of fused-ring (bicyclic) bond motifs is 2. The molecule has 1 atom stereocenters. The minimum absolute atomic E-state index is 0.141. The van der Waals surface area contributed by atoms with Gasteiger partial charge in [0.15, 0.2) is 4.90 Å². The van der Waals surface area contributed by atoms with Crippen LogP contribution >= 0.6 is 11.8 Å². The Balaban J connectivity index is 1.55. The van der Waals surface area contributed by atoms with Crippen LogP contribution in [0.15, 0.2) is 81.4 Å². The zero-order chi connectivity index (χ0) is 16.5. The molecule has 0 saturated heterocycles. The molecular formula is C21H19OS2+. The number of phenols is 1. The molecule has 3 heteroatoms. The number of benzene rings is 3. The fourth-order valence-corrected chi connectivity index (χ4v) is 5.60. The standard InChI is InChI=1S/C21H18OS2/c1-24(19-10-8-18(22)9-11-19)14-15-6-7-17-13-16-4-2-3-5-20(16)23-21(17)12-15/h2-12H,13-14H2,1H3/p+1. The number of hydrogen-bond acceptors (Lipinski definition) is 2. The molecule has 0 aromatic heterocycles. The number of phenolic OH excluding ortho intramolecular Hbond substituents is 1. The highest BCUT2D eigenvalue weighted by Gasteiger charge is 2.20. The van der Waals surface area contributed by atoms with Crippen molar-refractivity contribution in [2.75, 3.05) is 6.26 Å². The van der Waals surface area contributed by atoms with Gasteiger partial charge in [0.05, 0.1) is 0 Å². The first-order chi connectivity index (χ1) is 11.7. The fraction of sp³-hybridized carbons (Fsp3) is 0.143. The molecule has 0 bridgehead atoms. The van der Waals surface area contributed by atoms with Crippen LogP contribution in [-0.4, -0.2) is 11.4 Å². The predicted octanol–water partition coefficient (Wildman–Crippen LogP) is 5.25. The normalized spacial score (nSPS) is 13.9. The minimum Gasteiger partial charge on any atom is -0.508 e. The van der Waals surface area contributed by atoms with Crippen LogP contribution in [0.25, 0.3) is 0 Å². The van der Waals surface area contributed by atoms with E-state index in [0.29, 0.717) is 5.75 Å². The summed E-state index contributed by atoms with van der Waals surface area (Å²) in [7, 11) is 0.141. The topological polar surface area (TPSA) is 20.2 Å². The van der Waals surface area contributed by atoms with E-state index in [1.165, 1.54) is 31.4 Å². The van der Waals surface area contributed by atoms with Gasteiger partial charge in [0.25, 0.3) is 0 Å². The van der Waals surface area contributed by atoms with Crippen LogP contribution in [0.2, 0.25) is 0 Å². The first-order valence-corrected chi connectivity index (χ1v) is 10.6. The highest BCUT2D eigenvalue weighted by Crippen LogP contribution is 2.40. The third kappa shape index (κ3) is 3.19. The van der Waals surface area contributed by atoms with Crippen LogP contribution in [0, 0.1) is 0 Å². The van der Waals surface area contributed by atoms with Gasteiger partial charge in [0, 0.05) is 26.2 Å². The molecule has 1 aliphatic rings. The Hall–Kier alpha value is -1.84. The van der Waals surface area contributed by atoms with Crippen LogP contribution in [0.4, 0.5) is 0 Å². The Morgan fingerprint density at radius 3 is 2.50 bits per heavy atom. The first kappa shape index (κ1) is 15.7. The molecule has 120 valence electrons. The molecule has 0 saturated carbocycles. The van der Waals surface area contributed by atoms with E-state index in [-0.39, 0.29) is 10.9 Å². The van der Waals surface area contributed by atoms with Gasteiger partial charge in [-0.05, 0) is 53.9 Å². The summed E-state index contributed by atoms with van der Waals surface area (Å²) in [5.41, 5.74) is 4.25. The van der Waals surface area contributed by atoms with Gasteiger partial charge in [-0.2, -0.15) is 0 Å². The van der Waals surface area contributed by atoms with Crippen LogP contribution < -0.4 is 0 Å². The monoisotopic (exact) mass is 351 g/mol. The molecule has 3 aromatic carbocycles. The summed E-state index contributed by atoms with van der Waals surface area (Å²) in [6.07, 6.45) is 3.31. The van der Waals surface area contributed by atoms with Crippen molar-refractivity contribution in [2.24, 2.45) is 0 Å². The number of aromatic hydroxyl groups is 1. The number of hydrogen-bond donors (Lipinski definition) is 1. The maximum absolute atomic E-state index is 9.44. The summed E-state index contributed by atoms with van der Waals surface area (Å²) < 4.78 is 0. The van der Waals surface area contributed by atoms with Crippen molar-refractivity contribution in [3.8, 4) is 5.75 Å². The third-order valence-corrected chi connectivity index (χ3v) is 7.39. The predicted molar refractivity (Wildman–Crippen MR) is 103 cm³/mol. The summed E-state index contributed by atoms with van der Waals surface area (Å²) in [6, 6.07) is 23.2. The average Bonchev–Trinajstić information content (AvgIpc) is 2.60. The van der Waals surface area contributed by atoms with Crippen LogP contribution in [0.3, 0.4) is 0 Å². The molecule has 3 aromatic rings. The number of rotatable bonds is 3. The molecule has 0 amide bonds. The Morgan fingerprint density at radius 2 is 1.67 bits per heavy atom. The Labute approximate surface area is 150 Å². The fourth-order valence-electron chi connectivity index (χ4n) is 3.01. The molecule has 1 nitrogen and oxygen atoms in total. The molecule has 0 fully saturated rings. The molecule has 0 aliphatic carbocycles. The SMILES string of the molecule is C[S+](Cc1ccc2c(c1)Sc1ccccc1C2)c1ccc(O)cc1. The van der Waals surface area contributed by atoms with Crippen molar-refractivity contribution in [3.05, 3.63) is 83.4 Å². The molecule has 1 aliphatic heterocycles. The second-order valence-electron chi connectivity index (χ2n) is 6.10. The van der Waals surface area contributed by atoms with Gasteiger partial charge in [0.2, 0.25) is 0 Å². The molecule has 1 N–H and O–H groups in total. The van der Waals surface area contributed by atoms with Crippen molar-refractivity contribution in [2.45, 2.75) is 26.9 Å². The quantitative estimate of drug-likeness (QED) is 0.508. The zero-order valence-electron chi connectivity index (χ0n) is 13.5. The van der Waals surface area contributed by atoms with E-state index < -0.39 is 0 Å². The zero-order valence-corrected chi connectivity index (χ0v) is 15.2. The van der Waals surface area contributed by atoms with Crippen molar-refractivity contribution in [1.82, 2.24) is 0 Å².